The van der Waals surface area contributed by atoms with Crippen molar-refractivity contribution in [3.05, 3.63) is 76.1 Å². The Morgan fingerprint density at radius 3 is 2.64 bits per heavy atom. The van der Waals surface area contributed by atoms with Gasteiger partial charge in [-0.1, -0.05) is 48.0 Å². The van der Waals surface area contributed by atoms with E-state index in [1.165, 1.54) is 22.0 Å². The van der Waals surface area contributed by atoms with Crippen molar-refractivity contribution in [1.29, 1.82) is 0 Å². The number of hydrazone groups is 1. The van der Waals surface area contributed by atoms with Crippen LogP contribution in [0.1, 0.15) is 34.2 Å². The number of amides is 1. The van der Waals surface area contributed by atoms with E-state index in [0.717, 1.165) is 16.9 Å². The highest BCUT2D eigenvalue weighted by Crippen LogP contribution is 2.27. The molecule has 0 aliphatic heterocycles. The molecule has 0 fully saturated rings. The van der Waals surface area contributed by atoms with E-state index in [1.54, 1.807) is 18.3 Å². The predicted molar refractivity (Wildman–Crippen MR) is 126 cm³/mol. The zero-order chi connectivity index (χ0) is 23.2. The van der Waals surface area contributed by atoms with Gasteiger partial charge in [0.05, 0.1) is 11.9 Å². The molecule has 0 atom stereocenters. The first-order valence-corrected chi connectivity index (χ1v) is 11.2. The highest BCUT2D eigenvalue weighted by atomic mass is 35.5. The number of carbonyl (C=O) groups excluding carboxylic acids is 1. The van der Waals surface area contributed by atoms with Gasteiger partial charge in [0.2, 0.25) is 11.6 Å². The van der Waals surface area contributed by atoms with Gasteiger partial charge in [-0.2, -0.15) is 9.78 Å². The molecule has 1 amide bonds. The number of rotatable bonds is 8. The number of halogens is 1. The van der Waals surface area contributed by atoms with Gasteiger partial charge < -0.3 is 5.73 Å². The average Bonchev–Trinajstić information content (AvgIpc) is 3.44. The average molecular weight is 483 g/mol. The van der Waals surface area contributed by atoms with Gasteiger partial charge in [-0.05, 0) is 52.1 Å². The Morgan fingerprint density at radius 2 is 1.97 bits per heavy atom. The summed E-state index contributed by atoms with van der Waals surface area (Å²) in [5.74, 6) is -0.0124. The van der Waals surface area contributed by atoms with Crippen molar-refractivity contribution >= 4 is 41.3 Å². The fraction of sp³-hybridized carbons (Fsp3) is 0.143. The summed E-state index contributed by atoms with van der Waals surface area (Å²) >= 11 is 7.42. The van der Waals surface area contributed by atoms with Crippen LogP contribution in [0.4, 0.5) is 5.82 Å². The van der Waals surface area contributed by atoms with Crippen molar-refractivity contribution in [2.24, 2.45) is 5.10 Å². The fourth-order valence-corrected chi connectivity index (χ4v) is 3.87. The van der Waals surface area contributed by atoms with Gasteiger partial charge in [0.25, 0.3) is 5.91 Å². The minimum Gasteiger partial charge on any atom is -0.378 e. The second-order valence-corrected chi connectivity index (χ2v) is 8.29. The number of hydrogen-bond donors (Lipinski definition) is 2. The molecule has 2 aromatic carbocycles. The number of hydrogen-bond acceptors (Lipinski definition) is 9. The maximum atomic E-state index is 12.8. The molecule has 0 saturated carbocycles. The molecular formula is C21H19ClN8O2S. The molecule has 2 heterocycles. The number of nitrogens with one attached hydrogen (secondary N) is 1. The molecule has 2 aromatic heterocycles. The van der Waals surface area contributed by atoms with Crippen LogP contribution in [0.5, 0.6) is 0 Å². The zero-order valence-electron chi connectivity index (χ0n) is 17.5. The molecule has 0 radical (unpaired) electrons. The summed E-state index contributed by atoms with van der Waals surface area (Å²) in [4.78, 5) is 13.8. The Labute approximate surface area is 198 Å². The summed E-state index contributed by atoms with van der Waals surface area (Å²) in [7, 11) is 0. The molecule has 0 spiro atoms. The third kappa shape index (κ3) is 5.38. The van der Waals surface area contributed by atoms with Crippen molar-refractivity contribution in [1.82, 2.24) is 30.7 Å². The molecule has 0 saturated heterocycles. The lowest BCUT2D eigenvalue weighted by Gasteiger charge is -2.06. The first-order valence-electron chi connectivity index (χ1n) is 9.89. The molecule has 10 nitrogen and oxygen atoms in total. The number of aromatic nitrogens is 5. The van der Waals surface area contributed by atoms with Crippen LogP contribution in [0.3, 0.4) is 0 Å². The lowest BCUT2D eigenvalue weighted by atomic mass is 10.1. The SMILES string of the molecule is CCc1ccc(C=NNC(=O)c2nnn(-c3nonc3N)c2CSc2ccc(Cl)cc2)cc1. The largest absolute Gasteiger partial charge is 0.378 e. The third-order valence-corrected chi connectivity index (χ3v) is 5.91. The van der Waals surface area contributed by atoms with Crippen molar-refractivity contribution in [2.75, 3.05) is 5.73 Å². The maximum absolute atomic E-state index is 12.8. The first-order chi connectivity index (χ1) is 16.0. The number of anilines is 1. The van der Waals surface area contributed by atoms with Crippen LogP contribution in [0, 0.1) is 0 Å². The quantitative estimate of drug-likeness (QED) is 0.221. The van der Waals surface area contributed by atoms with Gasteiger partial charge in [-0.15, -0.1) is 16.9 Å². The van der Waals surface area contributed by atoms with Crippen LogP contribution in [0.15, 0.2) is 63.2 Å². The smallest absolute Gasteiger partial charge is 0.293 e. The second-order valence-electron chi connectivity index (χ2n) is 6.81. The number of thioether (sulfide) groups is 1. The number of carbonyl (C=O) groups is 1. The molecule has 4 aromatic rings. The number of nitrogens with two attached hydrogens (primary N) is 1. The van der Waals surface area contributed by atoms with E-state index in [1.807, 2.05) is 36.4 Å². The van der Waals surface area contributed by atoms with Gasteiger partial charge in [0.1, 0.15) is 0 Å². The Morgan fingerprint density at radius 1 is 1.21 bits per heavy atom. The van der Waals surface area contributed by atoms with E-state index in [4.69, 9.17) is 17.3 Å². The Hall–Kier alpha value is -3.70. The van der Waals surface area contributed by atoms with Crippen molar-refractivity contribution in [3.8, 4) is 5.82 Å². The van der Waals surface area contributed by atoms with Gasteiger partial charge >= 0.3 is 0 Å². The second kappa shape index (κ2) is 10.3. The monoisotopic (exact) mass is 482 g/mol. The van der Waals surface area contributed by atoms with Crippen LogP contribution in [0.2, 0.25) is 5.02 Å². The zero-order valence-corrected chi connectivity index (χ0v) is 19.0. The standard InChI is InChI=1S/C21H19ClN8O2S/c1-2-13-3-5-14(6-4-13)11-24-26-21(31)18-17(12-33-16-9-7-15(22)8-10-16)30(29-25-18)20-19(23)27-32-28-20/h3-11H,2,12H2,1H3,(H2,23,27)(H,26,31). The van der Waals surface area contributed by atoms with Crippen molar-refractivity contribution in [3.63, 3.8) is 0 Å². The summed E-state index contributed by atoms with van der Waals surface area (Å²) < 4.78 is 6.00. The first kappa shape index (κ1) is 22.5. The molecule has 0 bridgehead atoms. The van der Waals surface area contributed by atoms with Gasteiger partial charge in [-0.3, -0.25) is 4.79 Å². The van der Waals surface area contributed by atoms with Crippen LogP contribution < -0.4 is 11.2 Å². The summed E-state index contributed by atoms with van der Waals surface area (Å²) in [6.07, 6.45) is 2.51. The Balaban J connectivity index is 1.55. The van der Waals surface area contributed by atoms with Gasteiger partial charge in [0.15, 0.2) is 5.69 Å². The molecule has 3 N–H and O–H groups in total. The topological polar surface area (TPSA) is 137 Å². The molecule has 0 aliphatic carbocycles. The maximum Gasteiger partial charge on any atom is 0.293 e. The molecule has 0 aliphatic rings. The fourth-order valence-electron chi connectivity index (χ4n) is 2.86. The Bertz CT molecular complexity index is 1270. The van der Waals surface area contributed by atoms with Crippen molar-refractivity contribution < 1.29 is 9.42 Å². The molecule has 4 rings (SSSR count). The highest BCUT2D eigenvalue weighted by Gasteiger charge is 2.24. The predicted octanol–water partition coefficient (Wildman–Crippen LogP) is 3.50. The highest BCUT2D eigenvalue weighted by molar-refractivity contribution is 7.98. The molecular weight excluding hydrogens is 464 g/mol. The molecule has 0 unspecified atom stereocenters. The van der Waals surface area contributed by atoms with Crippen LogP contribution in [-0.2, 0) is 12.2 Å². The van der Waals surface area contributed by atoms with E-state index >= 15 is 0 Å². The van der Waals surface area contributed by atoms with Crippen LogP contribution >= 0.6 is 23.4 Å². The van der Waals surface area contributed by atoms with Gasteiger partial charge in [-0.25, -0.2) is 10.1 Å². The number of nitrogens with zero attached hydrogens (tertiary/aromatic N) is 6. The van der Waals surface area contributed by atoms with Crippen LogP contribution in [-0.4, -0.2) is 37.4 Å². The van der Waals surface area contributed by atoms with Gasteiger partial charge in [0, 0.05) is 15.7 Å². The van der Waals surface area contributed by atoms with Crippen molar-refractivity contribution in [2.45, 2.75) is 24.0 Å². The minimum absolute atomic E-state index is 0.0261. The van der Waals surface area contributed by atoms with E-state index < -0.39 is 5.91 Å². The number of aryl methyl sites for hydroxylation is 1. The third-order valence-electron chi connectivity index (χ3n) is 4.63. The van der Waals surface area contributed by atoms with E-state index in [0.29, 0.717) is 16.5 Å². The van der Waals surface area contributed by atoms with E-state index in [9.17, 15) is 4.79 Å². The summed E-state index contributed by atoms with van der Waals surface area (Å²) in [6, 6.07) is 15.2. The summed E-state index contributed by atoms with van der Waals surface area (Å²) in [5.41, 5.74) is 10.9. The lowest BCUT2D eigenvalue weighted by molar-refractivity contribution is 0.0949. The minimum atomic E-state index is -0.524. The molecule has 12 heteroatoms. The van der Waals surface area contributed by atoms with E-state index in [-0.39, 0.29) is 17.3 Å². The lowest BCUT2D eigenvalue weighted by Crippen LogP contribution is -2.20. The van der Waals surface area contributed by atoms with E-state index in [2.05, 4.69) is 42.7 Å². The van der Waals surface area contributed by atoms with Crippen LogP contribution in [0.25, 0.3) is 5.82 Å². The summed E-state index contributed by atoms with van der Waals surface area (Å²) in [5, 5.41) is 20.0. The Kier molecular flexibility index (Phi) is 7.01. The molecule has 168 valence electrons. The normalized spacial score (nSPS) is 11.2. The molecule has 33 heavy (non-hydrogen) atoms. The number of benzene rings is 2. The summed E-state index contributed by atoms with van der Waals surface area (Å²) in [6.45, 7) is 2.09. The number of nitrogen functional groups attached to an aromatic ring is 1.